The van der Waals surface area contributed by atoms with Gasteiger partial charge in [0.15, 0.2) is 5.65 Å². The highest BCUT2D eigenvalue weighted by Crippen LogP contribution is 2.40. The number of fused-ring (bicyclic) bond motifs is 1. The van der Waals surface area contributed by atoms with Gasteiger partial charge in [0, 0.05) is 35.6 Å². The van der Waals surface area contributed by atoms with Crippen LogP contribution in [0.25, 0.3) is 5.65 Å². The van der Waals surface area contributed by atoms with Crippen LogP contribution < -0.4 is 16.8 Å². The third kappa shape index (κ3) is 3.34. The van der Waals surface area contributed by atoms with Gasteiger partial charge in [-0.25, -0.2) is 9.50 Å². The number of imidazole rings is 1. The summed E-state index contributed by atoms with van der Waals surface area (Å²) in [4.78, 5) is 4.49. The van der Waals surface area contributed by atoms with Gasteiger partial charge in [0.1, 0.15) is 5.82 Å². The Morgan fingerprint density at radius 2 is 2.04 bits per heavy atom. The number of benzene rings is 1. The minimum atomic E-state index is 0.290. The van der Waals surface area contributed by atoms with E-state index in [2.05, 4.69) is 15.4 Å². The maximum atomic E-state index is 6.35. The molecule has 2 heterocycles. The minimum absolute atomic E-state index is 0.290. The highest BCUT2D eigenvalue weighted by Gasteiger charge is 2.26. The predicted octanol–water partition coefficient (Wildman–Crippen LogP) is 3.56. The van der Waals surface area contributed by atoms with Crippen molar-refractivity contribution in [2.75, 3.05) is 11.1 Å². The molecule has 4 rings (SSSR count). The summed E-state index contributed by atoms with van der Waals surface area (Å²) >= 11 is 6.11. The van der Waals surface area contributed by atoms with Gasteiger partial charge >= 0.3 is 0 Å². The second kappa shape index (κ2) is 7.13. The first kappa shape index (κ1) is 17.1. The first-order valence-electron chi connectivity index (χ1n) is 8.98. The van der Waals surface area contributed by atoms with Crippen molar-refractivity contribution in [3.63, 3.8) is 0 Å². The van der Waals surface area contributed by atoms with Gasteiger partial charge < -0.3 is 16.8 Å². The molecule has 0 spiro atoms. The van der Waals surface area contributed by atoms with Crippen molar-refractivity contribution in [1.29, 1.82) is 0 Å². The number of hydrogen-bond donors (Lipinski definition) is 3. The van der Waals surface area contributed by atoms with Crippen molar-refractivity contribution in [1.82, 2.24) is 14.6 Å². The number of nitrogens with one attached hydrogen (secondary N) is 1. The zero-order valence-corrected chi connectivity index (χ0v) is 15.3. The summed E-state index contributed by atoms with van der Waals surface area (Å²) in [5.74, 6) is 0.912. The molecule has 5 N–H and O–H groups in total. The van der Waals surface area contributed by atoms with Crippen LogP contribution in [-0.4, -0.2) is 20.6 Å². The Morgan fingerprint density at radius 1 is 1.23 bits per heavy atom. The van der Waals surface area contributed by atoms with Crippen molar-refractivity contribution in [3.8, 4) is 0 Å². The van der Waals surface area contributed by atoms with Crippen LogP contribution in [0.2, 0.25) is 5.02 Å². The molecule has 0 bridgehead atoms. The number of nitrogen functional groups attached to an aromatic ring is 1. The molecule has 1 aromatic carbocycles. The van der Waals surface area contributed by atoms with Crippen LogP contribution in [0, 0.1) is 0 Å². The number of aromatic nitrogens is 3. The molecule has 0 saturated heterocycles. The van der Waals surface area contributed by atoms with Crippen LogP contribution in [-0.2, 0) is 6.54 Å². The average Bonchev–Trinajstić information content (AvgIpc) is 3.08. The Bertz CT molecular complexity index is 914. The molecule has 3 aromatic rings. The lowest BCUT2D eigenvalue weighted by Gasteiger charge is -2.28. The van der Waals surface area contributed by atoms with Gasteiger partial charge in [-0.1, -0.05) is 23.7 Å². The highest BCUT2D eigenvalue weighted by atomic mass is 35.5. The van der Waals surface area contributed by atoms with E-state index >= 15 is 0 Å². The molecule has 0 amide bonds. The quantitative estimate of drug-likeness (QED) is 0.652. The number of halogens is 1. The largest absolute Gasteiger partial charge is 0.382 e. The Morgan fingerprint density at radius 3 is 2.81 bits per heavy atom. The molecule has 7 heteroatoms. The Balaban J connectivity index is 1.70. The van der Waals surface area contributed by atoms with E-state index in [4.69, 9.17) is 23.1 Å². The van der Waals surface area contributed by atoms with Crippen LogP contribution >= 0.6 is 11.6 Å². The molecule has 6 nitrogen and oxygen atoms in total. The summed E-state index contributed by atoms with van der Waals surface area (Å²) in [6.07, 6.45) is 7.63. The molecule has 0 radical (unpaired) electrons. The second-order valence-electron chi connectivity index (χ2n) is 6.96. The summed E-state index contributed by atoms with van der Waals surface area (Å²) in [5, 5.41) is 8.77. The Hall–Kier alpha value is -2.31. The number of nitrogens with two attached hydrogens (primary N) is 2. The van der Waals surface area contributed by atoms with E-state index in [0.29, 0.717) is 24.3 Å². The van der Waals surface area contributed by atoms with Crippen LogP contribution in [0.1, 0.15) is 42.7 Å². The fourth-order valence-electron chi connectivity index (χ4n) is 3.81. The number of nitrogens with zero attached hydrogens (tertiary/aromatic N) is 3. The molecule has 26 heavy (non-hydrogen) atoms. The molecule has 1 fully saturated rings. The second-order valence-corrected chi connectivity index (χ2v) is 7.40. The van der Waals surface area contributed by atoms with E-state index in [1.807, 2.05) is 30.5 Å². The third-order valence-corrected chi connectivity index (χ3v) is 5.38. The predicted molar refractivity (Wildman–Crippen MR) is 105 cm³/mol. The molecule has 0 unspecified atom stereocenters. The van der Waals surface area contributed by atoms with E-state index in [1.54, 1.807) is 10.7 Å². The highest BCUT2D eigenvalue weighted by molar-refractivity contribution is 6.30. The van der Waals surface area contributed by atoms with Gasteiger partial charge in [0.05, 0.1) is 5.69 Å². The van der Waals surface area contributed by atoms with Gasteiger partial charge in [0.2, 0.25) is 0 Å². The molecule has 1 aliphatic carbocycles. The zero-order valence-electron chi connectivity index (χ0n) is 14.5. The van der Waals surface area contributed by atoms with Crippen LogP contribution in [0.4, 0.5) is 11.5 Å². The summed E-state index contributed by atoms with van der Waals surface area (Å²) in [6.45, 7) is 0.645. The molecule has 0 atom stereocenters. The first-order valence-corrected chi connectivity index (χ1v) is 9.36. The summed E-state index contributed by atoms with van der Waals surface area (Å²) in [6, 6.07) is 8.12. The van der Waals surface area contributed by atoms with E-state index in [1.165, 1.54) is 0 Å². The smallest absolute Gasteiger partial charge is 0.177 e. The normalized spacial score (nSPS) is 20.4. The van der Waals surface area contributed by atoms with E-state index in [9.17, 15) is 0 Å². The lowest BCUT2D eigenvalue weighted by Crippen LogP contribution is -2.26. The lowest BCUT2D eigenvalue weighted by molar-refractivity contribution is 0.396. The van der Waals surface area contributed by atoms with Crippen molar-refractivity contribution < 1.29 is 0 Å². The fraction of sp³-hybridized carbons (Fsp3) is 0.368. The Labute approximate surface area is 157 Å². The lowest BCUT2D eigenvalue weighted by atomic mass is 9.81. The summed E-state index contributed by atoms with van der Waals surface area (Å²) < 4.78 is 1.73. The maximum Gasteiger partial charge on any atom is 0.177 e. The third-order valence-electron chi connectivity index (χ3n) is 5.14. The van der Waals surface area contributed by atoms with Gasteiger partial charge in [-0.3, -0.25) is 0 Å². The zero-order chi connectivity index (χ0) is 18.1. The SMILES string of the molecule is Nc1nn2ccnc2c(NCc2cccc(Cl)c2)c1C1CCC(N)CC1. The van der Waals surface area contributed by atoms with Crippen molar-refractivity contribution in [2.24, 2.45) is 5.73 Å². The van der Waals surface area contributed by atoms with E-state index in [0.717, 1.165) is 53.2 Å². The molecule has 0 aliphatic heterocycles. The monoisotopic (exact) mass is 370 g/mol. The van der Waals surface area contributed by atoms with Crippen LogP contribution in [0.3, 0.4) is 0 Å². The number of rotatable bonds is 4. The van der Waals surface area contributed by atoms with E-state index < -0.39 is 0 Å². The van der Waals surface area contributed by atoms with Crippen molar-refractivity contribution in [3.05, 3.63) is 52.8 Å². The van der Waals surface area contributed by atoms with Gasteiger partial charge in [-0.05, 0) is 49.3 Å². The number of hydrogen-bond acceptors (Lipinski definition) is 5. The topological polar surface area (TPSA) is 94.3 Å². The molecule has 1 saturated carbocycles. The molecular formula is C19H23ClN6. The van der Waals surface area contributed by atoms with Crippen molar-refractivity contribution in [2.45, 2.75) is 44.2 Å². The first-order chi connectivity index (χ1) is 12.6. The molecule has 1 aliphatic rings. The van der Waals surface area contributed by atoms with Gasteiger partial charge in [-0.15, -0.1) is 5.10 Å². The van der Waals surface area contributed by atoms with Crippen LogP contribution in [0.15, 0.2) is 36.7 Å². The van der Waals surface area contributed by atoms with Crippen molar-refractivity contribution >= 4 is 28.8 Å². The Kier molecular flexibility index (Phi) is 4.70. The molecule has 136 valence electrons. The number of anilines is 2. The average molecular weight is 371 g/mol. The van der Waals surface area contributed by atoms with E-state index in [-0.39, 0.29) is 0 Å². The van der Waals surface area contributed by atoms with Gasteiger partial charge in [-0.2, -0.15) is 0 Å². The molecule has 2 aromatic heterocycles. The molecular weight excluding hydrogens is 348 g/mol. The standard InChI is InChI=1S/C19H23ClN6/c20-14-3-1-2-12(10-14)11-24-17-16(13-4-6-15(21)7-5-13)18(22)25-26-9-8-23-19(17)26/h1-3,8-10,13,15,24H,4-7,11,21H2,(H2,22,25). The maximum absolute atomic E-state index is 6.35. The fourth-order valence-corrected chi connectivity index (χ4v) is 4.02. The summed E-state index contributed by atoms with van der Waals surface area (Å²) in [5.41, 5.74) is 16.4. The van der Waals surface area contributed by atoms with Crippen LogP contribution in [0.5, 0.6) is 0 Å². The minimum Gasteiger partial charge on any atom is -0.382 e. The van der Waals surface area contributed by atoms with Gasteiger partial charge in [0.25, 0.3) is 0 Å². The summed E-state index contributed by atoms with van der Waals surface area (Å²) in [7, 11) is 0.